The van der Waals surface area contributed by atoms with E-state index < -0.39 is 12.0 Å². The van der Waals surface area contributed by atoms with Crippen molar-refractivity contribution in [1.29, 1.82) is 0 Å². The van der Waals surface area contributed by atoms with Crippen LogP contribution in [0.3, 0.4) is 0 Å². The molecule has 1 aromatic rings. The van der Waals surface area contributed by atoms with Crippen LogP contribution in [0, 0.1) is 20.8 Å². The Morgan fingerprint density at radius 2 is 2.00 bits per heavy atom. The Balaban J connectivity index is 1.97. The first-order chi connectivity index (χ1) is 8.99. The Kier molecular flexibility index (Phi) is 4.07. The van der Waals surface area contributed by atoms with Gasteiger partial charge in [-0.25, -0.2) is 5.43 Å². The van der Waals surface area contributed by atoms with Gasteiger partial charge >= 0.3 is 5.97 Å². The summed E-state index contributed by atoms with van der Waals surface area (Å²) >= 11 is 0. The zero-order valence-corrected chi connectivity index (χ0v) is 11.5. The fraction of sp³-hybridized carbons (Fsp3) is 0.500. The summed E-state index contributed by atoms with van der Waals surface area (Å²) in [5.74, 6) is 0.0680. The third kappa shape index (κ3) is 3.05. The predicted molar refractivity (Wildman–Crippen MR) is 72.2 cm³/mol. The number of carboxylic acids is 1. The molecule has 0 amide bonds. The molecule has 1 saturated heterocycles. The first kappa shape index (κ1) is 13.8. The highest BCUT2D eigenvalue weighted by atomic mass is 16.5. The highest BCUT2D eigenvalue weighted by molar-refractivity contribution is 5.73. The van der Waals surface area contributed by atoms with Gasteiger partial charge in [-0.1, -0.05) is 12.1 Å². The zero-order valence-electron chi connectivity index (χ0n) is 11.5. The van der Waals surface area contributed by atoms with Gasteiger partial charge in [0.2, 0.25) is 0 Å². The van der Waals surface area contributed by atoms with Crippen molar-refractivity contribution in [2.24, 2.45) is 0 Å². The molecular weight excluding hydrogens is 244 g/mol. The number of benzene rings is 1. The molecule has 0 radical (unpaired) electrons. The van der Waals surface area contributed by atoms with Crippen LogP contribution in [0.15, 0.2) is 12.1 Å². The van der Waals surface area contributed by atoms with E-state index in [-0.39, 0.29) is 6.04 Å². The van der Waals surface area contributed by atoms with E-state index in [4.69, 9.17) is 9.84 Å². The predicted octanol–water partition coefficient (Wildman–Crippen LogP) is 1.31. The Hall–Kier alpha value is -1.59. The summed E-state index contributed by atoms with van der Waals surface area (Å²) in [5, 5.41) is 8.90. The summed E-state index contributed by atoms with van der Waals surface area (Å²) in [7, 11) is 0. The fourth-order valence-corrected chi connectivity index (χ4v) is 2.22. The molecule has 2 atom stereocenters. The van der Waals surface area contributed by atoms with E-state index in [1.54, 1.807) is 0 Å². The number of ether oxygens (including phenoxy) is 1. The number of rotatable bonds is 4. The van der Waals surface area contributed by atoms with Crippen molar-refractivity contribution in [2.45, 2.75) is 39.3 Å². The maximum absolute atomic E-state index is 10.8. The van der Waals surface area contributed by atoms with Crippen LogP contribution in [0.4, 0.5) is 0 Å². The number of hydrazine groups is 1. The highest BCUT2D eigenvalue weighted by Crippen LogP contribution is 2.26. The van der Waals surface area contributed by atoms with E-state index in [2.05, 4.69) is 23.8 Å². The van der Waals surface area contributed by atoms with Crippen molar-refractivity contribution in [1.82, 2.24) is 10.9 Å². The van der Waals surface area contributed by atoms with Crippen LogP contribution in [0.25, 0.3) is 0 Å². The molecule has 5 nitrogen and oxygen atoms in total. The SMILES string of the molecule is Cc1ccc(C)c(OCC2CC(C(=O)O)NN2)c1C. The van der Waals surface area contributed by atoms with Crippen LogP contribution in [0.2, 0.25) is 0 Å². The molecule has 1 aliphatic rings. The molecule has 0 aliphatic carbocycles. The zero-order chi connectivity index (χ0) is 14.0. The molecule has 0 bridgehead atoms. The van der Waals surface area contributed by atoms with Crippen LogP contribution >= 0.6 is 0 Å². The second kappa shape index (κ2) is 5.59. The largest absolute Gasteiger partial charge is 0.491 e. The van der Waals surface area contributed by atoms with E-state index in [9.17, 15) is 4.79 Å². The van der Waals surface area contributed by atoms with E-state index >= 15 is 0 Å². The average Bonchev–Trinajstić information content (AvgIpc) is 2.83. The lowest BCUT2D eigenvalue weighted by atomic mass is 10.1. The minimum Gasteiger partial charge on any atom is -0.491 e. The van der Waals surface area contributed by atoms with Gasteiger partial charge in [0.15, 0.2) is 0 Å². The van der Waals surface area contributed by atoms with E-state index in [1.165, 1.54) is 5.56 Å². The second-order valence-electron chi connectivity index (χ2n) is 5.08. The molecule has 1 heterocycles. The molecule has 0 aromatic heterocycles. The monoisotopic (exact) mass is 264 g/mol. The van der Waals surface area contributed by atoms with Crippen LogP contribution in [-0.2, 0) is 4.79 Å². The summed E-state index contributed by atoms with van der Waals surface area (Å²) in [5.41, 5.74) is 9.15. The molecule has 19 heavy (non-hydrogen) atoms. The van der Waals surface area contributed by atoms with Crippen molar-refractivity contribution >= 4 is 5.97 Å². The summed E-state index contributed by atoms with van der Waals surface area (Å²) in [6, 6.07) is 3.60. The van der Waals surface area contributed by atoms with Gasteiger partial charge in [0.1, 0.15) is 18.4 Å². The van der Waals surface area contributed by atoms with Gasteiger partial charge in [-0.05, 0) is 43.9 Å². The van der Waals surface area contributed by atoms with Gasteiger partial charge in [0.05, 0.1) is 6.04 Å². The van der Waals surface area contributed by atoms with E-state index in [0.29, 0.717) is 13.0 Å². The minimum absolute atomic E-state index is 0.0143. The lowest BCUT2D eigenvalue weighted by Gasteiger charge is -2.16. The van der Waals surface area contributed by atoms with Gasteiger partial charge in [0, 0.05) is 0 Å². The minimum atomic E-state index is -0.835. The summed E-state index contributed by atoms with van der Waals surface area (Å²) in [6.45, 7) is 6.57. The van der Waals surface area contributed by atoms with Crippen molar-refractivity contribution in [3.63, 3.8) is 0 Å². The number of carbonyl (C=O) groups is 1. The van der Waals surface area contributed by atoms with Gasteiger partial charge in [-0.3, -0.25) is 10.2 Å². The smallest absolute Gasteiger partial charge is 0.322 e. The molecule has 2 rings (SSSR count). The van der Waals surface area contributed by atoms with Crippen molar-refractivity contribution in [3.05, 3.63) is 28.8 Å². The van der Waals surface area contributed by atoms with Crippen molar-refractivity contribution in [3.8, 4) is 5.75 Å². The fourth-order valence-electron chi connectivity index (χ4n) is 2.22. The lowest BCUT2D eigenvalue weighted by molar-refractivity contribution is -0.139. The van der Waals surface area contributed by atoms with Gasteiger partial charge in [-0.2, -0.15) is 0 Å². The lowest BCUT2D eigenvalue weighted by Crippen LogP contribution is -2.38. The van der Waals surface area contributed by atoms with Crippen molar-refractivity contribution in [2.75, 3.05) is 6.61 Å². The Morgan fingerprint density at radius 3 is 2.63 bits per heavy atom. The molecule has 2 unspecified atom stereocenters. The number of hydrogen-bond acceptors (Lipinski definition) is 4. The van der Waals surface area contributed by atoms with Crippen LogP contribution in [0.5, 0.6) is 5.75 Å². The Bertz CT molecular complexity index is 488. The topological polar surface area (TPSA) is 70.6 Å². The third-order valence-corrected chi connectivity index (χ3v) is 3.58. The maximum atomic E-state index is 10.8. The van der Waals surface area contributed by atoms with Crippen LogP contribution in [-0.4, -0.2) is 29.8 Å². The van der Waals surface area contributed by atoms with E-state index in [0.717, 1.165) is 16.9 Å². The third-order valence-electron chi connectivity index (χ3n) is 3.58. The van der Waals surface area contributed by atoms with Crippen molar-refractivity contribution < 1.29 is 14.6 Å². The van der Waals surface area contributed by atoms with E-state index in [1.807, 2.05) is 19.9 Å². The molecule has 3 N–H and O–H groups in total. The number of aliphatic carboxylic acids is 1. The number of carboxylic acid groups (broad SMARTS) is 1. The standard InChI is InChI=1S/C14H20N2O3/c1-8-4-5-9(2)13(10(8)3)19-7-11-6-12(14(17)18)16-15-11/h4-5,11-12,15-16H,6-7H2,1-3H3,(H,17,18). The summed E-state index contributed by atoms with van der Waals surface area (Å²) in [6.07, 6.45) is 0.527. The second-order valence-corrected chi connectivity index (χ2v) is 5.08. The molecule has 5 heteroatoms. The summed E-state index contributed by atoms with van der Waals surface area (Å²) < 4.78 is 5.86. The van der Waals surface area contributed by atoms with Gasteiger partial charge < -0.3 is 9.84 Å². The molecule has 0 saturated carbocycles. The Labute approximate surface area is 112 Å². The molecular formula is C14H20N2O3. The molecule has 1 aliphatic heterocycles. The molecule has 1 fully saturated rings. The summed E-state index contributed by atoms with van der Waals surface area (Å²) in [4.78, 5) is 10.8. The number of hydrogen-bond donors (Lipinski definition) is 3. The average molecular weight is 264 g/mol. The van der Waals surface area contributed by atoms with Gasteiger partial charge in [-0.15, -0.1) is 0 Å². The first-order valence-electron chi connectivity index (χ1n) is 6.42. The first-order valence-corrected chi connectivity index (χ1v) is 6.42. The Morgan fingerprint density at radius 1 is 1.32 bits per heavy atom. The van der Waals surface area contributed by atoms with Gasteiger partial charge in [0.25, 0.3) is 0 Å². The quantitative estimate of drug-likeness (QED) is 0.765. The normalized spacial score (nSPS) is 22.5. The molecule has 104 valence electrons. The molecule has 1 aromatic carbocycles. The maximum Gasteiger partial charge on any atom is 0.322 e. The van der Waals surface area contributed by atoms with Crippen LogP contribution in [0.1, 0.15) is 23.1 Å². The van der Waals surface area contributed by atoms with Crippen LogP contribution < -0.4 is 15.6 Å². The highest BCUT2D eigenvalue weighted by Gasteiger charge is 2.29. The number of aryl methyl sites for hydroxylation is 2. The number of nitrogens with one attached hydrogen (secondary N) is 2. The molecule has 0 spiro atoms.